The van der Waals surface area contributed by atoms with Gasteiger partial charge in [-0.25, -0.2) is 15.0 Å². The van der Waals surface area contributed by atoms with Gasteiger partial charge in [-0.3, -0.25) is 0 Å². The molecule has 0 bridgehead atoms. The molecule has 0 spiro atoms. The Morgan fingerprint density at radius 1 is 0.460 bits per heavy atom. The third-order valence-corrected chi connectivity index (χ3v) is 10.3. The van der Waals surface area contributed by atoms with Gasteiger partial charge in [0.05, 0.1) is 6.85 Å². The molecule has 4 nitrogen and oxygen atoms in total. The molecule has 0 fully saturated rings. The van der Waals surface area contributed by atoms with Crippen molar-refractivity contribution in [2.75, 3.05) is 0 Å². The van der Waals surface area contributed by atoms with E-state index in [-0.39, 0.29) is 29.7 Å². The van der Waals surface area contributed by atoms with Crippen LogP contribution in [0.3, 0.4) is 0 Å². The van der Waals surface area contributed by atoms with E-state index < -0.39 is 6.04 Å². The average Bonchev–Trinajstić information content (AvgIpc) is 3.81. The highest BCUT2D eigenvalue weighted by molar-refractivity contribution is 7.26. The van der Waals surface area contributed by atoms with Crippen LogP contribution < -0.4 is 0 Å². The van der Waals surface area contributed by atoms with Gasteiger partial charge in [0.25, 0.3) is 0 Å². The number of benzene rings is 7. The normalized spacial score (nSPS) is 13.0. The SMILES string of the molecule is [2H]c1c([2H])c([2H])c(-c2ccc(-c3nc(-c4ccccc4)nc(-c4ccc5oc6cccc(-c7cccc8c7sc7ccccc78)c6c5c4)n3)cc2)c([2H])c1[2H]. The second-order valence-corrected chi connectivity index (χ2v) is 13.1. The van der Waals surface area contributed by atoms with Gasteiger partial charge in [0.15, 0.2) is 17.5 Å². The number of aromatic nitrogens is 3. The van der Waals surface area contributed by atoms with Crippen molar-refractivity contribution in [3.05, 3.63) is 164 Å². The standard InChI is InChI=1S/C45H27N3OS/c1-3-11-28(12-4-1)29-21-23-31(24-22-29)44-46-43(30-13-5-2-6-14-30)47-45(48-44)32-25-26-38-37(27-32)41-34(16-10-19-39(41)49-38)36-18-9-17-35-33-15-7-8-20-40(33)50-42(35)36/h1-27H/i1D,3D,4D,11D,12D. The van der Waals surface area contributed by atoms with Crippen molar-refractivity contribution in [3.63, 3.8) is 0 Å². The van der Waals surface area contributed by atoms with E-state index in [2.05, 4.69) is 54.6 Å². The molecule has 0 atom stereocenters. The van der Waals surface area contributed by atoms with E-state index in [9.17, 15) is 0 Å². The zero-order valence-corrected chi connectivity index (χ0v) is 27.2. The predicted molar refractivity (Wildman–Crippen MR) is 207 cm³/mol. The van der Waals surface area contributed by atoms with E-state index in [1.54, 1.807) is 35.6 Å². The van der Waals surface area contributed by atoms with Crippen molar-refractivity contribution >= 4 is 53.4 Å². The molecule has 0 aliphatic heterocycles. The first-order chi connectivity index (χ1) is 26.8. The lowest BCUT2D eigenvalue weighted by atomic mass is 9.97. The monoisotopic (exact) mass is 662 g/mol. The Balaban J connectivity index is 1.13. The van der Waals surface area contributed by atoms with Crippen molar-refractivity contribution in [1.82, 2.24) is 15.0 Å². The molecule has 0 radical (unpaired) electrons. The maximum absolute atomic E-state index is 8.44. The zero-order valence-electron chi connectivity index (χ0n) is 31.4. The summed E-state index contributed by atoms with van der Waals surface area (Å²) in [4.78, 5) is 14.8. The van der Waals surface area contributed by atoms with E-state index in [0.717, 1.165) is 44.2 Å². The van der Waals surface area contributed by atoms with Crippen molar-refractivity contribution in [2.45, 2.75) is 0 Å². The highest BCUT2D eigenvalue weighted by Crippen LogP contribution is 2.44. The molecule has 0 aliphatic carbocycles. The summed E-state index contributed by atoms with van der Waals surface area (Å²) in [5.74, 6) is 1.43. The maximum Gasteiger partial charge on any atom is 0.164 e. The van der Waals surface area contributed by atoms with Crippen LogP contribution >= 0.6 is 11.3 Å². The Hall–Kier alpha value is -6.43. The fraction of sp³-hybridized carbons (Fsp3) is 0. The predicted octanol–water partition coefficient (Wildman–Crippen LogP) is 12.5. The van der Waals surface area contributed by atoms with Gasteiger partial charge in [0.1, 0.15) is 11.2 Å². The maximum atomic E-state index is 8.44. The number of furan rings is 1. The molecule has 10 rings (SSSR count). The molecule has 3 aromatic heterocycles. The molecular formula is C45H27N3OS. The van der Waals surface area contributed by atoms with Crippen LogP contribution in [0.25, 0.3) is 98.5 Å². The van der Waals surface area contributed by atoms with Crippen LogP contribution in [0.2, 0.25) is 0 Å². The summed E-state index contributed by atoms with van der Waals surface area (Å²) >= 11 is 1.80. The second-order valence-electron chi connectivity index (χ2n) is 12.0. The summed E-state index contributed by atoms with van der Waals surface area (Å²) < 4.78 is 50.0. The van der Waals surface area contributed by atoms with E-state index in [1.165, 1.54) is 20.2 Å². The molecule has 50 heavy (non-hydrogen) atoms. The topological polar surface area (TPSA) is 51.8 Å². The Kier molecular flexibility index (Phi) is 5.54. The second kappa shape index (κ2) is 11.6. The van der Waals surface area contributed by atoms with E-state index in [1.807, 2.05) is 54.6 Å². The van der Waals surface area contributed by atoms with Gasteiger partial charge in [0, 0.05) is 53.2 Å². The Morgan fingerprint density at radius 2 is 1.10 bits per heavy atom. The first kappa shape index (κ1) is 23.8. The summed E-state index contributed by atoms with van der Waals surface area (Å²) in [5, 5.41) is 4.45. The number of hydrogen-bond acceptors (Lipinski definition) is 5. The first-order valence-corrected chi connectivity index (χ1v) is 17.0. The summed E-state index contributed by atoms with van der Waals surface area (Å²) in [6, 6.07) is 42.4. The van der Waals surface area contributed by atoms with Crippen LogP contribution in [0, 0.1) is 0 Å². The van der Waals surface area contributed by atoms with Crippen molar-refractivity contribution < 1.29 is 11.3 Å². The molecule has 0 aliphatic rings. The minimum Gasteiger partial charge on any atom is -0.456 e. The Labute approximate surface area is 299 Å². The molecule has 3 heterocycles. The molecule has 10 aromatic rings. The fourth-order valence-corrected chi connectivity index (χ4v) is 7.91. The van der Waals surface area contributed by atoms with Gasteiger partial charge < -0.3 is 4.42 Å². The van der Waals surface area contributed by atoms with Crippen molar-refractivity contribution in [1.29, 1.82) is 0 Å². The highest BCUT2D eigenvalue weighted by atomic mass is 32.1. The molecule has 0 unspecified atom stereocenters. The van der Waals surface area contributed by atoms with Crippen molar-refractivity contribution in [2.24, 2.45) is 0 Å². The molecule has 0 N–H and O–H groups in total. The zero-order chi connectivity index (χ0) is 37.4. The van der Waals surface area contributed by atoms with E-state index in [4.69, 9.17) is 26.2 Å². The molecule has 0 saturated heterocycles. The van der Waals surface area contributed by atoms with E-state index in [0.29, 0.717) is 28.6 Å². The smallest absolute Gasteiger partial charge is 0.164 e. The summed E-state index contributed by atoms with van der Waals surface area (Å²) in [6.07, 6.45) is 0. The van der Waals surface area contributed by atoms with Crippen LogP contribution in [0.15, 0.2) is 168 Å². The average molecular weight is 663 g/mol. The number of thiophene rings is 1. The third kappa shape index (κ3) is 4.79. The molecular weight excluding hydrogens is 631 g/mol. The third-order valence-electron chi connectivity index (χ3n) is 9.05. The number of fused-ring (bicyclic) bond motifs is 6. The summed E-state index contributed by atoms with van der Waals surface area (Å²) in [7, 11) is 0. The van der Waals surface area contributed by atoms with Gasteiger partial charge in [0.2, 0.25) is 0 Å². The first-order valence-electron chi connectivity index (χ1n) is 18.7. The summed E-state index contributed by atoms with van der Waals surface area (Å²) in [6.45, 7) is 0. The van der Waals surface area contributed by atoms with Gasteiger partial charge in [-0.2, -0.15) is 0 Å². The molecule has 0 saturated carbocycles. The Morgan fingerprint density at radius 3 is 1.92 bits per heavy atom. The molecule has 0 amide bonds. The van der Waals surface area contributed by atoms with Crippen LogP contribution in [0.1, 0.15) is 6.85 Å². The van der Waals surface area contributed by atoms with E-state index >= 15 is 0 Å². The lowest BCUT2D eigenvalue weighted by Crippen LogP contribution is -2.00. The quantitative estimate of drug-likeness (QED) is 0.184. The lowest BCUT2D eigenvalue weighted by molar-refractivity contribution is 0.669. The molecule has 234 valence electrons. The van der Waals surface area contributed by atoms with Crippen LogP contribution in [-0.2, 0) is 0 Å². The van der Waals surface area contributed by atoms with Gasteiger partial charge >= 0.3 is 0 Å². The highest BCUT2D eigenvalue weighted by Gasteiger charge is 2.18. The van der Waals surface area contributed by atoms with Crippen LogP contribution in [0.5, 0.6) is 0 Å². The minimum atomic E-state index is -0.423. The van der Waals surface area contributed by atoms with Crippen molar-refractivity contribution in [3.8, 4) is 56.4 Å². The van der Waals surface area contributed by atoms with Gasteiger partial charge in [-0.1, -0.05) is 133 Å². The largest absolute Gasteiger partial charge is 0.456 e. The number of hydrogen-bond donors (Lipinski definition) is 0. The molecule has 7 aromatic carbocycles. The Bertz CT molecular complexity index is 3130. The lowest BCUT2D eigenvalue weighted by Gasteiger charge is -2.09. The molecule has 5 heteroatoms. The fourth-order valence-electron chi connectivity index (χ4n) is 6.68. The van der Waals surface area contributed by atoms with Gasteiger partial charge in [-0.05, 0) is 47.0 Å². The summed E-state index contributed by atoms with van der Waals surface area (Å²) in [5.41, 5.74) is 6.74. The number of nitrogens with zero attached hydrogens (tertiary/aromatic N) is 3. The van der Waals surface area contributed by atoms with Crippen LogP contribution in [0.4, 0.5) is 0 Å². The minimum absolute atomic E-state index is 0.141. The number of rotatable bonds is 5. The van der Waals surface area contributed by atoms with Crippen LogP contribution in [-0.4, -0.2) is 15.0 Å². The van der Waals surface area contributed by atoms with Gasteiger partial charge in [-0.15, -0.1) is 11.3 Å².